The molecule has 0 spiro atoms. The molecule has 0 bridgehead atoms. The van der Waals surface area contributed by atoms with E-state index < -0.39 is 0 Å². The van der Waals surface area contributed by atoms with Crippen molar-refractivity contribution >= 4 is 16.7 Å². The average Bonchev–Trinajstić information content (AvgIpc) is 3.20. The fourth-order valence-corrected chi connectivity index (χ4v) is 2.86. The first kappa shape index (κ1) is 19.1. The second kappa shape index (κ2) is 9.84. The van der Waals surface area contributed by atoms with E-state index in [1.165, 1.54) is 6.33 Å². The van der Waals surface area contributed by atoms with E-state index in [0.717, 1.165) is 49.1 Å². The second-order valence-electron chi connectivity index (χ2n) is 6.18. The monoisotopic (exact) mass is 370 g/mol. The number of unbranched alkanes of at least 4 members (excludes halogenated alkanes) is 1. The van der Waals surface area contributed by atoms with Gasteiger partial charge in [-0.15, -0.1) is 0 Å². The standard InChI is InChI=1S/C19H26N6O2/c1-2-24(11-12-26)9-3-4-13-27-16-6-7-17-18(14-16)20-15-21-19(17)23-25-10-5-8-22-25/h5-8,10,14-15,26H,2-4,9,11-13H2,1H3,(H,20,21,23). The van der Waals surface area contributed by atoms with Crippen molar-refractivity contribution in [1.29, 1.82) is 0 Å². The lowest BCUT2D eigenvalue weighted by Gasteiger charge is -2.18. The maximum atomic E-state index is 9.01. The number of likely N-dealkylation sites (N-methyl/N-ethyl adjacent to an activating group) is 1. The van der Waals surface area contributed by atoms with E-state index in [1.54, 1.807) is 11.0 Å². The van der Waals surface area contributed by atoms with Crippen molar-refractivity contribution in [2.75, 3.05) is 38.3 Å². The number of aromatic nitrogens is 4. The summed E-state index contributed by atoms with van der Waals surface area (Å²) >= 11 is 0. The summed E-state index contributed by atoms with van der Waals surface area (Å²) in [6.45, 7) is 5.65. The fraction of sp³-hybridized carbons (Fsp3) is 0.421. The zero-order chi connectivity index (χ0) is 18.9. The highest BCUT2D eigenvalue weighted by Gasteiger charge is 2.06. The van der Waals surface area contributed by atoms with Gasteiger partial charge in [-0.3, -0.25) is 5.43 Å². The van der Waals surface area contributed by atoms with E-state index in [-0.39, 0.29) is 6.61 Å². The van der Waals surface area contributed by atoms with Gasteiger partial charge in [0.2, 0.25) is 0 Å². The Kier molecular flexibility index (Phi) is 6.95. The Morgan fingerprint density at radius 3 is 2.93 bits per heavy atom. The van der Waals surface area contributed by atoms with Gasteiger partial charge in [0.05, 0.1) is 24.9 Å². The lowest BCUT2D eigenvalue weighted by Crippen LogP contribution is -2.27. The van der Waals surface area contributed by atoms with E-state index in [1.807, 2.05) is 30.5 Å². The maximum Gasteiger partial charge on any atom is 0.157 e. The Morgan fingerprint density at radius 1 is 1.22 bits per heavy atom. The zero-order valence-electron chi connectivity index (χ0n) is 15.6. The quantitative estimate of drug-likeness (QED) is 0.500. The Hall–Kier alpha value is -2.71. The number of nitrogens with one attached hydrogen (secondary N) is 1. The van der Waals surface area contributed by atoms with Crippen molar-refractivity contribution in [2.24, 2.45) is 0 Å². The van der Waals surface area contributed by atoms with Gasteiger partial charge in [-0.2, -0.15) is 9.89 Å². The predicted molar refractivity (Wildman–Crippen MR) is 105 cm³/mol. The lowest BCUT2D eigenvalue weighted by atomic mass is 10.2. The molecule has 3 aromatic rings. The molecular formula is C19H26N6O2. The molecule has 3 rings (SSSR count). The Morgan fingerprint density at radius 2 is 2.15 bits per heavy atom. The van der Waals surface area contributed by atoms with Crippen LogP contribution in [0.1, 0.15) is 19.8 Å². The van der Waals surface area contributed by atoms with Crippen molar-refractivity contribution < 1.29 is 9.84 Å². The molecule has 0 saturated heterocycles. The third-order valence-electron chi connectivity index (χ3n) is 4.33. The Labute approximate surface area is 158 Å². The van der Waals surface area contributed by atoms with Gasteiger partial charge < -0.3 is 14.7 Å². The van der Waals surface area contributed by atoms with Crippen LogP contribution >= 0.6 is 0 Å². The summed E-state index contributed by atoms with van der Waals surface area (Å²) < 4.78 is 5.87. The molecule has 27 heavy (non-hydrogen) atoms. The smallest absolute Gasteiger partial charge is 0.157 e. The van der Waals surface area contributed by atoms with Crippen molar-refractivity contribution in [3.8, 4) is 5.75 Å². The van der Waals surface area contributed by atoms with E-state index >= 15 is 0 Å². The van der Waals surface area contributed by atoms with Crippen LogP contribution in [0.4, 0.5) is 5.82 Å². The maximum absolute atomic E-state index is 9.01. The molecule has 2 heterocycles. The summed E-state index contributed by atoms with van der Waals surface area (Å²) in [5, 5.41) is 14.0. The highest BCUT2D eigenvalue weighted by molar-refractivity contribution is 5.89. The molecule has 8 nitrogen and oxygen atoms in total. The number of benzene rings is 1. The average molecular weight is 370 g/mol. The number of anilines is 1. The van der Waals surface area contributed by atoms with Crippen LogP contribution in [-0.2, 0) is 0 Å². The molecule has 144 valence electrons. The molecule has 0 aliphatic carbocycles. The van der Waals surface area contributed by atoms with Gasteiger partial charge in [0, 0.05) is 24.2 Å². The molecule has 2 N–H and O–H groups in total. The Bertz CT molecular complexity index is 824. The third-order valence-corrected chi connectivity index (χ3v) is 4.33. The molecule has 8 heteroatoms. The molecule has 0 radical (unpaired) electrons. The third kappa shape index (κ3) is 5.38. The molecule has 1 aromatic carbocycles. The minimum Gasteiger partial charge on any atom is -0.494 e. The second-order valence-corrected chi connectivity index (χ2v) is 6.18. The van der Waals surface area contributed by atoms with Crippen LogP contribution in [0.15, 0.2) is 43.0 Å². The predicted octanol–water partition coefficient (Wildman–Crippen LogP) is 2.17. The van der Waals surface area contributed by atoms with Gasteiger partial charge >= 0.3 is 0 Å². The van der Waals surface area contributed by atoms with E-state index in [2.05, 4.69) is 32.3 Å². The number of aliphatic hydroxyl groups is 1. The van der Waals surface area contributed by atoms with Crippen molar-refractivity contribution in [3.63, 3.8) is 0 Å². The van der Waals surface area contributed by atoms with Gasteiger partial charge in [0.15, 0.2) is 5.82 Å². The summed E-state index contributed by atoms with van der Waals surface area (Å²) in [6, 6.07) is 7.65. The number of hydrogen-bond donors (Lipinski definition) is 2. The van der Waals surface area contributed by atoms with Crippen LogP contribution in [-0.4, -0.2) is 62.7 Å². The first-order valence-corrected chi connectivity index (χ1v) is 9.27. The minimum atomic E-state index is 0.209. The number of rotatable bonds is 11. The van der Waals surface area contributed by atoms with Crippen LogP contribution < -0.4 is 10.2 Å². The van der Waals surface area contributed by atoms with Crippen LogP contribution in [0.5, 0.6) is 5.75 Å². The number of fused-ring (bicyclic) bond motifs is 1. The summed E-state index contributed by atoms with van der Waals surface area (Å²) in [4.78, 5) is 12.5. The molecule has 0 aliphatic rings. The minimum absolute atomic E-state index is 0.209. The van der Waals surface area contributed by atoms with Crippen LogP contribution in [0.3, 0.4) is 0 Å². The molecular weight excluding hydrogens is 344 g/mol. The largest absolute Gasteiger partial charge is 0.494 e. The molecule has 0 fully saturated rings. The summed E-state index contributed by atoms with van der Waals surface area (Å²) in [5.74, 6) is 1.49. The number of nitrogens with zero attached hydrogens (tertiary/aromatic N) is 5. The first-order valence-electron chi connectivity index (χ1n) is 9.27. The Balaban J connectivity index is 1.54. The van der Waals surface area contributed by atoms with Gasteiger partial charge in [-0.05, 0) is 44.1 Å². The van der Waals surface area contributed by atoms with Crippen LogP contribution in [0, 0.1) is 0 Å². The number of aliphatic hydroxyl groups excluding tert-OH is 1. The summed E-state index contributed by atoms with van der Waals surface area (Å²) in [6.07, 6.45) is 7.05. The normalized spacial score (nSPS) is 11.2. The molecule has 0 saturated carbocycles. The summed E-state index contributed by atoms with van der Waals surface area (Å²) in [7, 11) is 0. The van der Waals surface area contributed by atoms with Crippen molar-refractivity contribution in [2.45, 2.75) is 19.8 Å². The molecule has 0 unspecified atom stereocenters. The highest BCUT2D eigenvalue weighted by atomic mass is 16.5. The molecule has 0 aliphatic heterocycles. The zero-order valence-corrected chi connectivity index (χ0v) is 15.6. The highest BCUT2D eigenvalue weighted by Crippen LogP contribution is 2.24. The van der Waals surface area contributed by atoms with E-state index in [4.69, 9.17) is 9.84 Å². The van der Waals surface area contributed by atoms with Crippen molar-refractivity contribution in [3.05, 3.63) is 43.0 Å². The van der Waals surface area contributed by atoms with Gasteiger partial charge in [0.1, 0.15) is 12.1 Å². The van der Waals surface area contributed by atoms with Gasteiger partial charge in [-0.1, -0.05) is 6.92 Å². The van der Waals surface area contributed by atoms with Crippen LogP contribution in [0.2, 0.25) is 0 Å². The van der Waals surface area contributed by atoms with Gasteiger partial charge in [-0.25, -0.2) is 9.97 Å². The van der Waals surface area contributed by atoms with E-state index in [9.17, 15) is 0 Å². The van der Waals surface area contributed by atoms with Crippen molar-refractivity contribution in [1.82, 2.24) is 24.8 Å². The molecule has 2 aromatic heterocycles. The fourth-order valence-electron chi connectivity index (χ4n) is 2.86. The lowest BCUT2D eigenvalue weighted by molar-refractivity contribution is 0.195. The summed E-state index contributed by atoms with van der Waals surface area (Å²) in [5.41, 5.74) is 3.94. The SMILES string of the molecule is CCN(CCO)CCCCOc1ccc2c(Nn3cccn3)ncnc2c1. The van der Waals surface area contributed by atoms with Gasteiger partial charge in [0.25, 0.3) is 0 Å². The topological polar surface area (TPSA) is 88.3 Å². The first-order chi connectivity index (χ1) is 13.3. The van der Waals surface area contributed by atoms with Crippen LogP contribution in [0.25, 0.3) is 10.9 Å². The molecule has 0 amide bonds. The number of hydrogen-bond acceptors (Lipinski definition) is 7. The molecule has 0 atom stereocenters. The van der Waals surface area contributed by atoms with E-state index in [0.29, 0.717) is 12.4 Å². The number of ether oxygens (including phenoxy) is 1.